The van der Waals surface area contributed by atoms with Crippen LogP contribution in [0.5, 0.6) is 0 Å². The summed E-state index contributed by atoms with van der Waals surface area (Å²) in [5.41, 5.74) is 3.15. The van der Waals surface area contributed by atoms with Crippen molar-refractivity contribution in [3.63, 3.8) is 0 Å². The molecule has 0 aliphatic heterocycles. The maximum Gasteiger partial charge on any atom is 0.275 e. The molecule has 3 aromatic rings. The second kappa shape index (κ2) is 5.66. The van der Waals surface area contributed by atoms with Crippen LogP contribution in [0.3, 0.4) is 0 Å². The minimum Gasteiger partial charge on any atom is -0.440 e. The van der Waals surface area contributed by atoms with Gasteiger partial charge in [0.05, 0.1) is 11.1 Å². The van der Waals surface area contributed by atoms with E-state index in [1.807, 2.05) is 24.3 Å². The molecule has 0 saturated heterocycles. The molecule has 3 N–H and O–H groups in total. The molecular weight excluding hydrogens is 294 g/mol. The highest BCUT2D eigenvalue weighted by Gasteiger charge is 2.18. The number of nitrogens with one attached hydrogen (secondary N) is 1. The Hall–Kier alpha value is -1.83. The molecule has 0 atom stereocenters. The molecule has 0 spiro atoms. The number of nitrogens with two attached hydrogens (primary N) is 1. The van der Waals surface area contributed by atoms with Crippen LogP contribution in [-0.4, -0.2) is 10.9 Å². The van der Waals surface area contributed by atoms with Gasteiger partial charge < -0.3 is 4.42 Å². The molecular formula is C13H11N3O2S2. The SMILES string of the molecule is NNC(=O)c1sc2ccccc2c1CSc1ncco1. The number of nitrogens with zero attached hydrogens (tertiary/aromatic N) is 1. The Kier molecular flexibility index (Phi) is 3.72. The molecule has 1 aromatic carbocycles. The van der Waals surface area contributed by atoms with Gasteiger partial charge in [0.1, 0.15) is 6.26 Å². The topological polar surface area (TPSA) is 81.1 Å². The number of thiophene rings is 1. The minimum absolute atomic E-state index is 0.269. The number of hydrazine groups is 1. The molecule has 20 heavy (non-hydrogen) atoms. The number of aromatic nitrogens is 1. The van der Waals surface area contributed by atoms with E-state index < -0.39 is 0 Å². The third-order valence-electron chi connectivity index (χ3n) is 2.79. The monoisotopic (exact) mass is 305 g/mol. The summed E-state index contributed by atoms with van der Waals surface area (Å²) in [6, 6.07) is 7.91. The summed E-state index contributed by atoms with van der Waals surface area (Å²) in [5, 5.41) is 1.65. The lowest BCUT2D eigenvalue weighted by atomic mass is 10.1. The number of carbonyl (C=O) groups excluding carboxylic acids is 1. The molecule has 2 aromatic heterocycles. The Bertz CT molecular complexity index is 737. The highest BCUT2D eigenvalue weighted by molar-refractivity contribution is 7.98. The number of hydrogen-bond acceptors (Lipinski definition) is 6. The highest BCUT2D eigenvalue weighted by atomic mass is 32.2. The van der Waals surface area contributed by atoms with Gasteiger partial charge in [-0.15, -0.1) is 11.3 Å². The molecule has 1 amide bonds. The molecule has 0 aliphatic rings. The van der Waals surface area contributed by atoms with E-state index in [-0.39, 0.29) is 5.91 Å². The lowest BCUT2D eigenvalue weighted by Crippen LogP contribution is -2.29. The Morgan fingerprint density at radius 3 is 3.05 bits per heavy atom. The zero-order valence-electron chi connectivity index (χ0n) is 10.3. The molecule has 0 unspecified atom stereocenters. The predicted molar refractivity (Wildman–Crippen MR) is 79.5 cm³/mol. The number of rotatable bonds is 4. The van der Waals surface area contributed by atoms with Crippen LogP contribution >= 0.6 is 23.1 Å². The van der Waals surface area contributed by atoms with Gasteiger partial charge >= 0.3 is 0 Å². The van der Waals surface area contributed by atoms with Gasteiger partial charge in [0.25, 0.3) is 11.1 Å². The number of hydrogen-bond donors (Lipinski definition) is 2. The Morgan fingerprint density at radius 1 is 1.45 bits per heavy atom. The molecule has 2 heterocycles. The standard InChI is InChI=1S/C13H11N3O2S2/c14-16-12(17)11-9(7-19-13-15-5-6-18-13)8-3-1-2-4-10(8)20-11/h1-6H,7,14H2,(H,16,17). The van der Waals surface area contributed by atoms with Crippen molar-refractivity contribution >= 4 is 39.1 Å². The van der Waals surface area contributed by atoms with E-state index in [1.165, 1.54) is 29.4 Å². The van der Waals surface area contributed by atoms with E-state index in [9.17, 15) is 4.79 Å². The van der Waals surface area contributed by atoms with E-state index in [0.717, 1.165) is 15.6 Å². The molecule has 0 radical (unpaired) electrons. The van der Waals surface area contributed by atoms with Crippen LogP contribution in [0.2, 0.25) is 0 Å². The number of nitrogen functional groups attached to an aromatic ring is 1. The minimum atomic E-state index is -0.269. The van der Waals surface area contributed by atoms with Crippen LogP contribution in [0.25, 0.3) is 10.1 Å². The van der Waals surface area contributed by atoms with Crippen LogP contribution < -0.4 is 11.3 Å². The average Bonchev–Trinajstić information content (AvgIpc) is 3.11. The van der Waals surface area contributed by atoms with Crippen molar-refractivity contribution in [1.82, 2.24) is 10.4 Å². The van der Waals surface area contributed by atoms with Gasteiger partial charge in [-0.05, 0) is 17.0 Å². The van der Waals surface area contributed by atoms with E-state index in [2.05, 4.69) is 10.4 Å². The highest BCUT2D eigenvalue weighted by Crippen LogP contribution is 2.35. The maximum absolute atomic E-state index is 11.9. The van der Waals surface area contributed by atoms with Gasteiger partial charge in [0.15, 0.2) is 0 Å². The summed E-state index contributed by atoms with van der Waals surface area (Å²) in [6.45, 7) is 0. The fourth-order valence-corrected chi connectivity index (χ4v) is 3.95. The van der Waals surface area contributed by atoms with Crippen LogP contribution in [0, 0.1) is 0 Å². The summed E-state index contributed by atoms with van der Waals surface area (Å²) < 4.78 is 6.26. The first-order chi connectivity index (χ1) is 9.79. The fourth-order valence-electron chi connectivity index (χ4n) is 1.91. The van der Waals surface area contributed by atoms with Crippen molar-refractivity contribution < 1.29 is 9.21 Å². The van der Waals surface area contributed by atoms with Crippen molar-refractivity contribution in [3.8, 4) is 0 Å². The maximum atomic E-state index is 11.9. The number of thioether (sulfide) groups is 1. The number of amides is 1. The van der Waals surface area contributed by atoms with Crippen LogP contribution in [-0.2, 0) is 5.75 Å². The summed E-state index contributed by atoms with van der Waals surface area (Å²) in [7, 11) is 0. The lowest BCUT2D eigenvalue weighted by Gasteiger charge is -2.02. The first-order valence-corrected chi connectivity index (χ1v) is 7.63. The molecule has 0 fully saturated rings. The van der Waals surface area contributed by atoms with Crippen molar-refractivity contribution in [3.05, 3.63) is 47.2 Å². The zero-order valence-corrected chi connectivity index (χ0v) is 12.0. The van der Waals surface area contributed by atoms with Gasteiger partial charge in [-0.2, -0.15) is 0 Å². The van der Waals surface area contributed by atoms with Crippen molar-refractivity contribution in [2.75, 3.05) is 0 Å². The molecule has 0 bridgehead atoms. The fraction of sp³-hybridized carbons (Fsp3) is 0.0769. The predicted octanol–water partition coefficient (Wildman–Crippen LogP) is 2.79. The quantitative estimate of drug-likeness (QED) is 0.335. The van der Waals surface area contributed by atoms with Gasteiger partial charge in [-0.25, -0.2) is 10.8 Å². The summed E-state index contributed by atoms with van der Waals surface area (Å²) in [5.74, 6) is 5.59. The Labute approximate surface area is 123 Å². The normalized spacial score (nSPS) is 10.8. The third-order valence-corrected chi connectivity index (χ3v) is 4.88. The van der Waals surface area contributed by atoms with Crippen molar-refractivity contribution in [2.45, 2.75) is 11.0 Å². The molecule has 5 nitrogen and oxygen atoms in total. The van der Waals surface area contributed by atoms with Crippen LogP contribution in [0.1, 0.15) is 15.2 Å². The summed E-state index contributed by atoms with van der Waals surface area (Å²) in [6.07, 6.45) is 3.13. The number of fused-ring (bicyclic) bond motifs is 1. The average molecular weight is 305 g/mol. The van der Waals surface area contributed by atoms with Crippen LogP contribution in [0.15, 0.2) is 46.4 Å². The van der Waals surface area contributed by atoms with Crippen LogP contribution in [0.4, 0.5) is 0 Å². The Morgan fingerprint density at radius 2 is 2.30 bits per heavy atom. The Balaban J connectivity index is 1.99. The molecule has 7 heteroatoms. The molecule has 0 saturated carbocycles. The number of benzene rings is 1. The van der Waals surface area contributed by atoms with E-state index in [0.29, 0.717) is 15.9 Å². The second-order valence-electron chi connectivity index (χ2n) is 3.97. The summed E-state index contributed by atoms with van der Waals surface area (Å²) in [4.78, 5) is 16.6. The summed E-state index contributed by atoms with van der Waals surface area (Å²) >= 11 is 2.89. The number of oxazole rings is 1. The molecule has 102 valence electrons. The van der Waals surface area contributed by atoms with E-state index in [1.54, 1.807) is 6.20 Å². The first-order valence-electron chi connectivity index (χ1n) is 5.83. The molecule has 0 aliphatic carbocycles. The van der Waals surface area contributed by atoms with Gasteiger partial charge in [-0.3, -0.25) is 10.2 Å². The van der Waals surface area contributed by atoms with Crippen molar-refractivity contribution in [2.24, 2.45) is 5.84 Å². The van der Waals surface area contributed by atoms with E-state index >= 15 is 0 Å². The second-order valence-corrected chi connectivity index (χ2v) is 5.94. The number of carbonyl (C=O) groups is 1. The molecule has 3 rings (SSSR count). The zero-order chi connectivity index (χ0) is 13.9. The van der Waals surface area contributed by atoms with E-state index in [4.69, 9.17) is 10.3 Å². The first kappa shape index (κ1) is 13.2. The van der Waals surface area contributed by atoms with Gasteiger partial charge in [0, 0.05) is 10.5 Å². The smallest absolute Gasteiger partial charge is 0.275 e. The van der Waals surface area contributed by atoms with Crippen molar-refractivity contribution in [1.29, 1.82) is 0 Å². The third kappa shape index (κ3) is 2.43. The lowest BCUT2D eigenvalue weighted by molar-refractivity contribution is 0.0957. The largest absolute Gasteiger partial charge is 0.440 e. The van der Waals surface area contributed by atoms with Gasteiger partial charge in [0.2, 0.25) is 0 Å². The van der Waals surface area contributed by atoms with Gasteiger partial charge in [-0.1, -0.05) is 30.0 Å².